The summed E-state index contributed by atoms with van der Waals surface area (Å²) in [6, 6.07) is 31.1. The van der Waals surface area contributed by atoms with Crippen molar-refractivity contribution in [2.75, 3.05) is 32.9 Å². The van der Waals surface area contributed by atoms with Crippen LogP contribution in [0.5, 0.6) is 11.5 Å². The van der Waals surface area contributed by atoms with Crippen molar-refractivity contribution in [3.05, 3.63) is 131 Å². The van der Waals surface area contributed by atoms with Crippen LogP contribution in [0.3, 0.4) is 0 Å². The minimum atomic E-state index is -2.59. The molecule has 5 atom stereocenters. The predicted octanol–water partition coefficient (Wildman–Crippen LogP) is 9.73. The van der Waals surface area contributed by atoms with Gasteiger partial charge in [-0.15, -0.1) is 0 Å². The van der Waals surface area contributed by atoms with Gasteiger partial charge < -0.3 is 55.1 Å². The molecule has 4 unspecified atom stereocenters. The molecule has 0 saturated carbocycles. The number of nitrogens with zero attached hydrogens (tertiary/aromatic N) is 1. The topological polar surface area (TPSA) is 217 Å². The van der Waals surface area contributed by atoms with E-state index in [2.05, 4.69) is 63.7 Å². The van der Waals surface area contributed by atoms with E-state index in [1.807, 2.05) is 120 Å². The van der Waals surface area contributed by atoms with Crippen LogP contribution in [0.4, 0.5) is 9.59 Å². The number of carbonyl (C=O) groups is 5. The van der Waals surface area contributed by atoms with Gasteiger partial charge in [-0.2, -0.15) is 0 Å². The summed E-state index contributed by atoms with van der Waals surface area (Å²) in [4.78, 5) is 67.5. The van der Waals surface area contributed by atoms with Crippen LogP contribution in [0.2, 0.25) is 18.1 Å². The molecule has 1 heterocycles. The molecule has 5 rings (SSSR count). The molecule has 16 nitrogen and oxygen atoms in total. The lowest BCUT2D eigenvalue weighted by molar-refractivity contribution is -0.142. The third-order valence-corrected chi connectivity index (χ3v) is 17.9. The molecule has 1 saturated heterocycles. The number of nitrogens with two attached hydrogens (primary N) is 1. The van der Waals surface area contributed by atoms with Gasteiger partial charge in [-0.05, 0) is 117 Å². The van der Waals surface area contributed by atoms with Gasteiger partial charge in [-0.25, -0.2) is 14.4 Å². The normalized spacial score (nSPS) is 14.9. The van der Waals surface area contributed by atoms with Gasteiger partial charge in [0.25, 0.3) is 0 Å². The van der Waals surface area contributed by atoms with Crippen LogP contribution < -0.4 is 31.2 Å². The zero-order valence-electron chi connectivity index (χ0n) is 47.6. The van der Waals surface area contributed by atoms with E-state index in [4.69, 9.17) is 29.1 Å². The van der Waals surface area contributed by atoms with Gasteiger partial charge in [0.2, 0.25) is 11.8 Å². The lowest BCUT2D eigenvalue weighted by Crippen LogP contribution is -2.56. The van der Waals surface area contributed by atoms with Crippen LogP contribution in [0, 0.1) is 17.8 Å². The van der Waals surface area contributed by atoms with E-state index in [9.17, 15) is 24.3 Å². The fourth-order valence-electron chi connectivity index (χ4n) is 8.03. The number of rotatable bonds is 24. The number of nitrogens with one attached hydrogen (secondary N) is 3. The lowest BCUT2D eigenvalue weighted by Gasteiger charge is -2.42. The summed E-state index contributed by atoms with van der Waals surface area (Å²) >= 11 is 0. The molecule has 0 aliphatic carbocycles. The zero-order valence-corrected chi connectivity index (χ0v) is 48.6. The predicted molar refractivity (Wildman–Crippen MR) is 303 cm³/mol. The second kappa shape index (κ2) is 29.9. The molecule has 422 valence electrons. The second-order valence-electron chi connectivity index (χ2n) is 23.0. The maximum atomic E-state index is 15.0. The average Bonchev–Trinajstić information content (AvgIpc) is 3.36. The molecule has 77 heavy (non-hydrogen) atoms. The van der Waals surface area contributed by atoms with Crippen molar-refractivity contribution in [3.8, 4) is 11.5 Å². The molecule has 1 fully saturated rings. The highest BCUT2D eigenvalue weighted by molar-refractivity contribution is 6.74. The van der Waals surface area contributed by atoms with Gasteiger partial charge in [0, 0.05) is 25.4 Å². The molecule has 1 aliphatic rings. The number of ether oxygens (including phenoxy) is 4. The summed E-state index contributed by atoms with van der Waals surface area (Å²) in [5, 5.41) is 19.0. The third kappa shape index (κ3) is 22.6. The van der Waals surface area contributed by atoms with Crippen molar-refractivity contribution >= 4 is 38.2 Å². The van der Waals surface area contributed by atoms with E-state index in [1.165, 1.54) is 0 Å². The van der Waals surface area contributed by atoms with Crippen molar-refractivity contribution < 1.29 is 52.5 Å². The summed E-state index contributed by atoms with van der Waals surface area (Å²) in [6.07, 6.45) is -0.445. The van der Waals surface area contributed by atoms with Crippen molar-refractivity contribution in [1.29, 1.82) is 0 Å². The number of morpholine rings is 1. The van der Waals surface area contributed by atoms with Crippen LogP contribution in [0.1, 0.15) is 97.9 Å². The minimum absolute atomic E-state index is 0.0257. The molecule has 4 aromatic rings. The Hall–Kier alpha value is -6.43. The molecule has 5 amide bonds. The summed E-state index contributed by atoms with van der Waals surface area (Å²) in [7, 11) is -2.59. The van der Waals surface area contributed by atoms with E-state index in [0.717, 1.165) is 16.7 Å². The van der Waals surface area contributed by atoms with Gasteiger partial charge in [0.05, 0.1) is 32.0 Å². The number of aliphatic carboxylic acids is 1. The Morgan fingerprint density at radius 1 is 0.675 bits per heavy atom. The quantitative estimate of drug-likeness (QED) is 0.0416. The lowest BCUT2D eigenvalue weighted by atomic mass is 9.88. The smallest absolute Gasteiger partial charge is 0.407 e. The number of hydrogen-bond acceptors (Lipinski definition) is 10. The highest BCUT2D eigenvalue weighted by Crippen LogP contribution is 2.39. The van der Waals surface area contributed by atoms with E-state index in [0.29, 0.717) is 68.9 Å². The van der Waals surface area contributed by atoms with E-state index in [1.54, 1.807) is 29.2 Å². The van der Waals surface area contributed by atoms with Crippen molar-refractivity contribution in [1.82, 2.24) is 20.9 Å². The number of benzene rings is 4. The molecule has 0 spiro atoms. The van der Waals surface area contributed by atoms with Crippen LogP contribution in [-0.2, 0) is 54.2 Å². The molecule has 0 bridgehead atoms. The Morgan fingerprint density at radius 3 is 1.68 bits per heavy atom. The van der Waals surface area contributed by atoms with E-state index in [-0.39, 0.29) is 30.3 Å². The molecule has 1 aliphatic heterocycles. The summed E-state index contributed by atoms with van der Waals surface area (Å²) in [5.41, 5.74) is 7.78. The first-order valence-corrected chi connectivity index (χ1v) is 29.7. The molecule has 17 heteroatoms. The monoisotopic (exact) mass is 1080 g/mol. The fraction of sp³-hybridized carbons (Fsp3) is 0.517. The minimum Gasteiger partial charge on any atom is -0.493 e. The number of urea groups is 1. The standard InChI is InChI=1S/C55H77N3O9Si.C5H10N2O2/c1-37(2)35-64-44-29-25-41(26-30-44)33-47(52(61)62)56-51(60)49(38(3)4)58-50(59)43(31-40-23-27-45(28-24-40)65-36-42-21-17-14-18-22-42)34-48(67-68(11,12)55(8,9)10)46(32-39-19-15-13-16-20-39)57-53(63)66-54(5,6)7;6-5(8)7-1-3-9-4-2-7/h13-30,37-38,43,46-49H,31-36H2,1-12H3,(H,56,60)(H,57,63)(H,58,59)(H,61,62);1-4H2,(H2,6,8)/t43?,46?,47-,48?,49?;/m0./s1. The number of alkyl carbamates (subject to hydrolysis) is 1. The molecular formula is C60H87N5O11Si. The Labute approximate surface area is 458 Å². The zero-order chi connectivity index (χ0) is 56.9. The number of carboxylic acids is 1. The van der Waals surface area contributed by atoms with Gasteiger partial charge in [0.1, 0.15) is 35.8 Å². The molecule has 0 radical (unpaired) electrons. The van der Waals surface area contributed by atoms with Crippen LogP contribution in [0.15, 0.2) is 109 Å². The van der Waals surface area contributed by atoms with Gasteiger partial charge in [0.15, 0.2) is 8.32 Å². The Balaban J connectivity index is 0.00000128. The van der Waals surface area contributed by atoms with Gasteiger partial charge >= 0.3 is 18.1 Å². The number of amides is 5. The maximum absolute atomic E-state index is 15.0. The van der Waals surface area contributed by atoms with Crippen molar-refractivity contribution in [2.45, 2.75) is 149 Å². The Kier molecular flexibility index (Phi) is 24.5. The largest absolute Gasteiger partial charge is 0.493 e. The van der Waals surface area contributed by atoms with Crippen molar-refractivity contribution in [2.24, 2.45) is 23.5 Å². The first-order chi connectivity index (χ1) is 36.2. The number of carboxylic acid groups (broad SMARTS) is 1. The highest BCUT2D eigenvalue weighted by Gasteiger charge is 2.43. The highest BCUT2D eigenvalue weighted by atomic mass is 28.4. The first-order valence-electron chi connectivity index (χ1n) is 26.8. The summed E-state index contributed by atoms with van der Waals surface area (Å²) in [5.74, 6) is -1.72. The summed E-state index contributed by atoms with van der Waals surface area (Å²) in [6.45, 7) is 27.3. The molecular weight excluding hydrogens is 995 g/mol. The third-order valence-electron chi connectivity index (χ3n) is 13.4. The van der Waals surface area contributed by atoms with Crippen LogP contribution in [0.25, 0.3) is 0 Å². The van der Waals surface area contributed by atoms with E-state index < -0.39 is 73.9 Å². The summed E-state index contributed by atoms with van der Waals surface area (Å²) < 4.78 is 29.9. The second-order valence-corrected chi connectivity index (χ2v) is 27.8. The number of primary amides is 1. The Bertz CT molecular complexity index is 2440. The molecule has 0 aromatic heterocycles. The first kappa shape index (κ1) is 63.1. The molecule has 6 N–H and O–H groups in total. The maximum Gasteiger partial charge on any atom is 0.407 e. The SMILES string of the molecule is CC(C)COc1ccc(C[C@H](NC(=O)C(NC(=O)C(Cc2ccc(OCc3ccccc3)cc2)CC(O[Si](C)(C)C(C)(C)C)C(Cc2ccccc2)NC(=O)OC(C)(C)C)C(C)C)C(=O)O)cc1.NC(=O)N1CCOCC1. The molecule has 4 aromatic carbocycles. The van der Waals surface area contributed by atoms with Gasteiger partial charge in [-0.1, -0.05) is 133 Å². The van der Waals surface area contributed by atoms with E-state index >= 15 is 4.79 Å². The van der Waals surface area contributed by atoms with Crippen LogP contribution >= 0.6 is 0 Å². The van der Waals surface area contributed by atoms with Gasteiger partial charge in [-0.3, -0.25) is 9.59 Å². The van der Waals surface area contributed by atoms with Crippen molar-refractivity contribution in [3.63, 3.8) is 0 Å². The number of hydrogen-bond donors (Lipinski definition) is 5. The average molecular weight is 1080 g/mol. The van der Waals surface area contributed by atoms with Crippen LogP contribution in [-0.4, -0.2) is 111 Å². The Morgan fingerprint density at radius 2 is 1.19 bits per heavy atom. The number of carbonyl (C=O) groups excluding carboxylic acids is 4. The fourth-order valence-corrected chi connectivity index (χ4v) is 9.41.